The van der Waals surface area contributed by atoms with Gasteiger partial charge in [0.25, 0.3) is 0 Å². The van der Waals surface area contributed by atoms with Gasteiger partial charge in [-0.3, -0.25) is 14.5 Å². The van der Waals surface area contributed by atoms with Gasteiger partial charge in [0.15, 0.2) is 0 Å². The van der Waals surface area contributed by atoms with Crippen LogP contribution < -0.4 is 0 Å². The molecule has 0 spiro atoms. The van der Waals surface area contributed by atoms with Gasteiger partial charge < -0.3 is 9.47 Å². The Morgan fingerprint density at radius 1 is 1.12 bits per heavy atom. The Hall–Kier alpha value is -1.61. The van der Waals surface area contributed by atoms with E-state index in [9.17, 15) is 9.59 Å². The van der Waals surface area contributed by atoms with Gasteiger partial charge in [-0.2, -0.15) is 5.26 Å². The van der Waals surface area contributed by atoms with E-state index in [0.717, 1.165) is 12.8 Å². The van der Waals surface area contributed by atoms with E-state index >= 15 is 0 Å². The molecule has 0 aromatic heterocycles. The van der Waals surface area contributed by atoms with Crippen LogP contribution in [0.4, 0.5) is 0 Å². The summed E-state index contributed by atoms with van der Waals surface area (Å²) < 4.78 is 9.08. The molecule has 0 radical (unpaired) electrons. The topological polar surface area (TPSA) is 79.6 Å². The lowest BCUT2D eigenvalue weighted by Gasteiger charge is -2.19. The van der Waals surface area contributed by atoms with E-state index in [4.69, 9.17) is 5.26 Å². The summed E-state index contributed by atoms with van der Waals surface area (Å²) in [6, 6.07) is 2.04. The van der Waals surface area contributed by atoms with Gasteiger partial charge >= 0.3 is 11.9 Å². The van der Waals surface area contributed by atoms with Gasteiger partial charge in [-0.05, 0) is 19.4 Å². The van der Waals surface area contributed by atoms with Gasteiger partial charge in [0.2, 0.25) is 0 Å². The van der Waals surface area contributed by atoms with Gasteiger partial charge in [0, 0.05) is 6.42 Å². The molecule has 0 saturated carbocycles. The van der Waals surface area contributed by atoms with Crippen molar-refractivity contribution in [3.05, 3.63) is 0 Å². The molecule has 0 atom stereocenters. The molecule has 0 aliphatic heterocycles. The van der Waals surface area contributed by atoms with E-state index < -0.39 is 11.9 Å². The fraction of sp³-hybridized carbons (Fsp3) is 0.727. The van der Waals surface area contributed by atoms with Gasteiger partial charge in [0.05, 0.1) is 33.4 Å². The third-order valence-electron chi connectivity index (χ3n) is 2.17. The molecule has 0 N–H and O–H groups in total. The van der Waals surface area contributed by atoms with Crippen molar-refractivity contribution in [3.8, 4) is 6.07 Å². The highest BCUT2D eigenvalue weighted by atomic mass is 16.5. The normalized spacial score (nSPS) is 9.76. The molecule has 0 aliphatic carbocycles. The fourth-order valence-corrected chi connectivity index (χ4v) is 1.25. The average molecular weight is 242 g/mol. The maximum atomic E-state index is 11.1. The Kier molecular flexibility index (Phi) is 8.69. The molecule has 0 aliphatic rings. The summed E-state index contributed by atoms with van der Waals surface area (Å²) in [5.41, 5.74) is 0. The van der Waals surface area contributed by atoms with E-state index in [1.165, 1.54) is 14.2 Å². The Balaban J connectivity index is 4.06. The van der Waals surface area contributed by atoms with Crippen LogP contribution in [0.2, 0.25) is 0 Å². The quantitative estimate of drug-likeness (QED) is 0.450. The summed E-state index contributed by atoms with van der Waals surface area (Å²) >= 11 is 0. The van der Waals surface area contributed by atoms with Crippen molar-refractivity contribution in [2.75, 3.05) is 33.9 Å². The minimum atomic E-state index is -0.394. The maximum absolute atomic E-state index is 11.1. The number of nitrogens with zero attached hydrogens (tertiary/aromatic N) is 2. The van der Waals surface area contributed by atoms with E-state index in [2.05, 4.69) is 9.47 Å². The molecule has 0 bridgehead atoms. The van der Waals surface area contributed by atoms with E-state index in [1.54, 1.807) is 4.90 Å². The SMILES string of the molecule is COC(=O)CN(CCCCC#N)CC(=O)OC. The smallest absolute Gasteiger partial charge is 0.319 e. The summed E-state index contributed by atoms with van der Waals surface area (Å²) in [7, 11) is 2.60. The molecule has 0 rings (SSSR count). The van der Waals surface area contributed by atoms with Crippen LogP contribution in [-0.4, -0.2) is 50.7 Å². The second-order valence-corrected chi connectivity index (χ2v) is 3.48. The highest BCUT2D eigenvalue weighted by Gasteiger charge is 2.14. The van der Waals surface area contributed by atoms with E-state index in [1.807, 2.05) is 6.07 Å². The first-order chi connectivity index (χ1) is 8.13. The Morgan fingerprint density at radius 3 is 2.06 bits per heavy atom. The number of hydrogen-bond acceptors (Lipinski definition) is 6. The number of carbonyl (C=O) groups excluding carboxylic acids is 2. The van der Waals surface area contributed by atoms with Crippen molar-refractivity contribution in [2.45, 2.75) is 19.3 Å². The summed E-state index contributed by atoms with van der Waals surface area (Å²) in [5, 5.41) is 8.39. The van der Waals surface area contributed by atoms with Crippen LogP contribution >= 0.6 is 0 Å². The molecule has 96 valence electrons. The fourth-order valence-electron chi connectivity index (χ4n) is 1.25. The summed E-state index contributed by atoms with van der Waals surface area (Å²) in [4.78, 5) is 23.9. The molecule has 0 saturated heterocycles. The van der Waals surface area contributed by atoms with E-state index in [-0.39, 0.29) is 13.1 Å². The number of hydrogen-bond donors (Lipinski definition) is 0. The van der Waals surface area contributed by atoms with Crippen molar-refractivity contribution in [3.63, 3.8) is 0 Å². The molecule has 0 fully saturated rings. The second kappa shape index (κ2) is 9.60. The first kappa shape index (κ1) is 15.4. The van der Waals surface area contributed by atoms with Crippen molar-refractivity contribution < 1.29 is 19.1 Å². The molecule has 0 unspecified atom stereocenters. The lowest BCUT2D eigenvalue weighted by Crippen LogP contribution is -2.36. The summed E-state index contributed by atoms with van der Waals surface area (Å²) in [6.07, 6.45) is 1.97. The molecule has 0 aromatic carbocycles. The zero-order chi connectivity index (χ0) is 13.1. The minimum absolute atomic E-state index is 0.0537. The van der Waals surface area contributed by atoms with Crippen LogP contribution in [-0.2, 0) is 19.1 Å². The molecule has 17 heavy (non-hydrogen) atoms. The molecule has 6 heteroatoms. The highest BCUT2D eigenvalue weighted by molar-refractivity contribution is 5.74. The zero-order valence-electron chi connectivity index (χ0n) is 10.3. The lowest BCUT2D eigenvalue weighted by molar-refractivity contribution is -0.145. The monoisotopic (exact) mass is 242 g/mol. The molecule has 0 amide bonds. The molecule has 0 heterocycles. The number of esters is 2. The van der Waals surface area contributed by atoms with Crippen LogP contribution in [0.1, 0.15) is 19.3 Å². The summed E-state index contributed by atoms with van der Waals surface area (Å²) in [6.45, 7) is 0.669. The predicted molar refractivity (Wildman–Crippen MR) is 59.9 cm³/mol. The van der Waals surface area contributed by atoms with Crippen LogP contribution in [0.15, 0.2) is 0 Å². The third kappa shape index (κ3) is 8.22. The molecule has 6 nitrogen and oxygen atoms in total. The molecular weight excluding hydrogens is 224 g/mol. The Morgan fingerprint density at radius 2 is 1.65 bits per heavy atom. The van der Waals surface area contributed by atoms with Gasteiger partial charge in [-0.1, -0.05) is 0 Å². The third-order valence-corrected chi connectivity index (χ3v) is 2.17. The zero-order valence-corrected chi connectivity index (χ0v) is 10.3. The Labute approximate surface area is 101 Å². The van der Waals surface area contributed by atoms with Crippen LogP contribution in [0, 0.1) is 11.3 Å². The first-order valence-electron chi connectivity index (χ1n) is 5.37. The number of carbonyl (C=O) groups is 2. The van der Waals surface area contributed by atoms with Gasteiger partial charge in [-0.15, -0.1) is 0 Å². The van der Waals surface area contributed by atoms with Crippen molar-refractivity contribution in [2.24, 2.45) is 0 Å². The van der Waals surface area contributed by atoms with Crippen molar-refractivity contribution in [1.29, 1.82) is 5.26 Å². The second-order valence-electron chi connectivity index (χ2n) is 3.48. The predicted octanol–water partition coefficient (Wildman–Crippen LogP) is 0.328. The first-order valence-corrected chi connectivity index (χ1v) is 5.37. The summed E-state index contributed by atoms with van der Waals surface area (Å²) in [5.74, 6) is -0.789. The number of unbranched alkanes of at least 4 members (excludes halogenated alkanes) is 2. The number of ether oxygens (including phenoxy) is 2. The lowest BCUT2D eigenvalue weighted by atomic mass is 10.2. The number of nitriles is 1. The maximum Gasteiger partial charge on any atom is 0.319 e. The van der Waals surface area contributed by atoms with Crippen LogP contribution in [0.5, 0.6) is 0 Å². The highest BCUT2D eigenvalue weighted by Crippen LogP contribution is 1.99. The number of methoxy groups -OCH3 is 2. The molecule has 0 aromatic rings. The van der Waals surface area contributed by atoms with Crippen molar-refractivity contribution >= 4 is 11.9 Å². The Bertz CT molecular complexity index is 268. The van der Waals surface area contributed by atoms with Gasteiger partial charge in [0.1, 0.15) is 0 Å². The molecular formula is C11H18N2O4. The van der Waals surface area contributed by atoms with Crippen LogP contribution in [0.25, 0.3) is 0 Å². The van der Waals surface area contributed by atoms with Crippen molar-refractivity contribution in [1.82, 2.24) is 4.90 Å². The van der Waals surface area contributed by atoms with Gasteiger partial charge in [-0.25, -0.2) is 0 Å². The van der Waals surface area contributed by atoms with Crippen LogP contribution in [0.3, 0.4) is 0 Å². The standard InChI is InChI=1S/C11H18N2O4/c1-16-10(14)8-13(9-11(15)17-2)7-5-3-4-6-12/h3-5,7-9H2,1-2H3. The van der Waals surface area contributed by atoms with E-state index in [0.29, 0.717) is 13.0 Å². The minimum Gasteiger partial charge on any atom is -0.468 e. The largest absolute Gasteiger partial charge is 0.468 e. The average Bonchev–Trinajstić information content (AvgIpc) is 2.33. The number of rotatable bonds is 8.